The lowest BCUT2D eigenvalue weighted by Crippen LogP contribution is -2.05. The quantitative estimate of drug-likeness (QED) is 0.746. The number of benzene rings is 1. The second-order valence-electron chi connectivity index (χ2n) is 4.53. The van der Waals surface area contributed by atoms with Gasteiger partial charge >= 0.3 is 0 Å². The zero-order chi connectivity index (χ0) is 14.2. The van der Waals surface area contributed by atoms with Crippen molar-refractivity contribution in [3.05, 3.63) is 60.6 Å². The van der Waals surface area contributed by atoms with E-state index in [-0.39, 0.29) is 10.6 Å². The molecule has 2 N–H and O–H groups in total. The van der Waals surface area contributed by atoms with Crippen LogP contribution in [0, 0.1) is 0 Å². The maximum atomic E-state index is 12.3. The Balaban J connectivity index is 1.97. The molecule has 2 aromatic heterocycles. The lowest BCUT2D eigenvalue weighted by molar-refractivity contribution is 0.595. The molecule has 0 unspecified atom stereocenters. The molecule has 0 saturated carbocycles. The highest BCUT2D eigenvalue weighted by molar-refractivity contribution is 7.90. The summed E-state index contributed by atoms with van der Waals surface area (Å²) in [5.74, 6) is -0.141. The van der Waals surface area contributed by atoms with Gasteiger partial charge in [-0.05, 0) is 30.3 Å². The molecule has 2 heterocycles. The number of fused-ring (bicyclic) bond motifs is 1. The van der Waals surface area contributed by atoms with E-state index >= 15 is 0 Å². The van der Waals surface area contributed by atoms with Crippen molar-refractivity contribution in [2.75, 3.05) is 5.73 Å². The Morgan fingerprint density at radius 3 is 2.75 bits per heavy atom. The van der Waals surface area contributed by atoms with E-state index in [9.17, 15) is 8.42 Å². The van der Waals surface area contributed by atoms with Gasteiger partial charge in [-0.15, -0.1) is 0 Å². The van der Waals surface area contributed by atoms with Crippen LogP contribution in [0.3, 0.4) is 0 Å². The Morgan fingerprint density at radius 2 is 2.00 bits per heavy atom. The number of rotatable bonds is 3. The zero-order valence-corrected chi connectivity index (χ0v) is 11.4. The van der Waals surface area contributed by atoms with Crippen LogP contribution >= 0.6 is 0 Å². The molecule has 102 valence electrons. The smallest absolute Gasteiger partial charge is 0.184 e. The fourth-order valence-electron chi connectivity index (χ4n) is 2.04. The molecule has 0 amide bonds. The molecule has 0 aliphatic heterocycles. The standard InChI is InChI=1S/C14H13N3O2S/c15-11-4-3-5-13(8-11)20(18,19)10-12-9-17-7-2-1-6-14(17)16-12/h1-9H,10,15H2. The zero-order valence-electron chi connectivity index (χ0n) is 10.6. The minimum atomic E-state index is -3.44. The summed E-state index contributed by atoms with van der Waals surface area (Å²) in [5, 5.41) is 0. The number of hydrogen-bond donors (Lipinski definition) is 1. The molecule has 6 heteroatoms. The molecular formula is C14H13N3O2S. The molecule has 20 heavy (non-hydrogen) atoms. The van der Waals surface area contributed by atoms with Crippen LogP contribution < -0.4 is 5.73 Å². The molecule has 0 spiro atoms. The molecule has 0 saturated heterocycles. The molecular weight excluding hydrogens is 274 g/mol. The third-order valence-corrected chi connectivity index (χ3v) is 4.62. The Hall–Kier alpha value is -2.34. The SMILES string of the molecule is Nc1cccc(S(=O)(=O)Cc2cn3ccccc3n2)c1. The van der Waals surface area contributed by atoms with E-state index in [2.05, 4.69) is 4.98 Å². The van der Waals surface area contributed by atoms with Crippen LogP contribution in [0.1, 0.15) is 5.69 Å². The molecule has 0 fully saturated rings. The Bertz CT molecular complexity index is 836. The van der Waals surface area contributed by atoms with E-state index in [1.54, 1.807) is 28.8 Å². The van der Waals surface area contributed by atoms with Crippen LogP contribution in [0.5, 0.6) is 0 Å². The van der Waals surface area contributed by atoms with Crippen molar-refractivity contribution in [1.29, 1.82) is 0 Å². The summed E-state index contributed by atoms with van der Waals surface area (Å²) in [6.45, 7) is 0. The fraction of sp³-hybridized carbons (Fsp3) is 0.0714. The number of anilines is 1. The molecule has 3 aromatic rings. The van der Waals surface area contributed by atoms with Crippen LogP contribution in [-0.4, -0.2) is 17.8 Å². The maximum absolute atomic E-state index is 12.3. The predicted octanol–water partition coefficient (Wildman–Crippen LogP) is 1.89. The Morgan fingerprint density at radius 1 is 1.15 bits per heavy atom. The molecule has 0 atom stereocenters. The van der Waals surface area contributed by atoms with Gasteiger partial charge in [0.2, 0.25) is 0 Å². The number of hydrogen-bond acceptors (Lipinski definition) is 4. The van der Waals surface area contributed by atoms with Crippen molar-refractivity contribution in [3.8, 4) is 0 Å². The minimum Gasteiger partial charge on any atom is -0.399 e. The number of pyridine rings is 1. The van der Waals surface area contributed by atoms with Crippen LogP contribution in [0.2, 0.25) is 0 Å². The molecule has 0 aliphatic rings. The average molecular weight is 287 g/mol. The van der Waals surface area contributed by atoms with E-state index in [1.165, 1.54) is 6.07 Å². The molecule has 5 nitrogen and oxygen atoms in total. The molecule has 0 aliphatic carbocycles. The van der Waals surface area contributed by atoms with Gasteiger partial charge in [0.05, 0.1) is 16.3 Å². The lowest BCUT2D eigenvalue weighted by atomic mass is 10.3. The van der Waals surface area contributed by atoms with Crippen molar-refractivity contribution in [1.82, 2.24) is 9.38 Å². The number of nitrogens with two attached hydrogens (primary N) is 1. The van der Waals surface area contributed by atoms with Gasteiger partial charge in [0.15, 0.2) is 9.84 Å². The number of aromatic nitrogens is 2. The first-order valence-electron chi connectivity index (χ1n) is 6.05. The van der Waals surface area contributed by atoms with Gasteiger partial charge in [-0.25, -0.2) is 13.4 Å². The first-order chi connectivity index (χ1) is 9.54. The van der Waals surface area contributed by atoms with Crippen molar-refractivity contribution >= 4 is 21.2 Å². The summed E-state index contributed by atoms with van der Waals surface area (Å²) >= 11 is 0. The fourth-order valence-corrected chi connectivity index (χ4v) is 3.34. The van der Waals surface area contributed by atoms with Crippen molar-refractivity contribution in [3.63, 3.8) is 0 Å². The van der Waals surface area contributed by atoms with Gasteiger partial charge in [-0.2, -0.15) is 0 Å². The van der Waals surface area contributed by atoms with Crippen molar-refractivity contribution < 1.29 is 8.42 Å². The first kappa shape index (κ1) is 12.7. The van der Waals surface area contributed by atoms with E-state index in [4.69, 9.17) is 5.73 Å². The highest BCUT2D eigenvalue weighted by Crippen LogP contribution is 2.18. The largest absolute Gasteiger partial charge is 0.399 e. The first-order valence-corrected chi connectivity index (χ1v) is 7.71. The molecule has 0 radical (unpaired) electrons. The van der Waals surface area contributed by atoms with Crippen LogP contribution in [-0.2, 0) is 15.6 Å². The van der Waals surface area contributed by atoms with Crippen LogP contribution in [0.4, 0.5) is 5.69 Å². The Kier molecular flexibility index (Phi) is 2.94. The van der Waals surface area contributed by atoms with Crippen molar-refractivity contribution in [2.45, 2.75) is 10.6 Å². The van der Waals surface area contributed by atoms with E-state index in [0.717, 1.165) is 5.65 Å². The summed E-state index contributed by atoms with van der Waals surface area (Å²) in [6.07, 6.45) is 3.55. The monoisotopic (exact) mass is 287 g/mol. The highest BCUT2D eigenvalue weighted by Gasteiger charge is 2.17. The number of nitrogen functional groups attached to an aromatic ring is 1. The number of sulfone groups is 1. The average Bonchev–Trinajstić information content (AvgIpc) is 2.80. The normalized spacial score (nSPS) is 11.8. The maximum Gasteiger partial charge on any atom is 0.184 e. The number of imidazole rings is 1. The summed E-state index contributed by atoms with van der Waals surface area (Å²) < 4.78 is 26.4. The van der Waals surface area contributed by atoms with Gasteiger partial charge in [0.1, 0.15) is 5.65 Å². The minimum absolute atomic E-state index is 0.141. The van der Waals surface area contributed by atoms with Gasteiger partial charge in [-0.3, -0.25) is 0 Å². The van der Waals surface area contributed by atoms with E-state index < -0.39 is 9.84 Å². The van der Waals surface area contributed by atoms with Crippen molar-refractivity contribution in [2.24, 2.45) is 0 Å². The third kappa shape index (κ3) is 2.37. The third-order valence-electron chi connectivity index (χ3n) is 2.97. The van der Waals surface area contributed by atoms with Crippen LogP contribution in [0.15, 0.2) is 59.8 Å². The lowest BCUT2D eigenvalue weighted by Gasteiger charge is -2.03. The van der Waals surface area contributed by atoms with E-state index in [1.807, 2.05) is 24.4 Å². The van der Waals surface area contributed by atoms with Gasteiger partial charge in [0, 0.05) is 18.1 Å². The topological polar surface area (TPSA) is 77.5 Å². The van der Waals surface area contributed by atoms with Gasteiger partial charge in [-0.1, -0.05) is 12.1 Å². The summed E-state index contributed by atoms with van der Waals surface area (Å²) in [5.41, 5.74) is 7.30. The summed E-state index contributed by atoms with van der Waals surface area (Å²) in [7, 11) is -3.44. The second kappa shape index (κ2) is 4.64. The summed E-state index contributed by atoms with van der Waals surface area (Å²) in [4.78, 5) is 4.52. The van der Waals surface area contributed by atoms with Gasteiger partial charge in [0.25, 0.3) is 0 Å². The summed E-state index contributed by atoms with van der Waals surface area (Å²) in [6, 6.07) is 11.8. The Labute approximate surface area is 116 Å². The van der Waals surface area contributed by atoms with Gasteiger partial charge < -0.3 is 10.1 Å². The second-order valence-corrected chi connectivity index (χ2v) is 6.52. The predicted molar refractivity (Wildman–Crippen MR) is 76.9 cm³/mol. The highest BCUT2D eigenvalue weighted by atomic mass is 32.2. The molecule has 1 aromatic carbocycles. The van der Waals surface area contributed by atoms with E-state index in [0.29, 0.717) is 11.4 Å². The van der Waals surface area contributed by atoms with Crippen LogP contribution in [0.25, 0.3) is 5.65 Å². The number of nitrogens with zero attached hydrogens (tertiary/aromatic N) is 2. The molecule has 0 bridgehead atoms. The molecule has 3 rings (SSSR count).